The second-order valence-electron chi connectivity index (χ2n) is 6.43. The molecular formula is C21H19N3O4. The number of nitrogens with two attached hydrogens (primary N) is 1. The first-order valence-corrected chi connectivity index (χ1v) is 8.57. The molecule has 142 valence electrons. The molecule has 28 heavy (non-hydrogen) atoms. The maximum Gasteiger partial charge on any atom is 0.338 e. The highest BCUT2D eigenvalue weighted by molar-refractivity contribution is 5.93. The number of carbonyl (C=O) groups is 1. The van der Waals surface area contributed by atoms with Crippen molar-refractivity contribution in [3.8, 4) is 6.07 Å². The Morgan fingerprint density at radius 2 is 2.18 bits per heavy atom. The molecule has 7 nitrogen and oxygen atoms in total. The summed E-state index contributed by atoms with van der Waals surface area (Å²) in [6.45, 7) is 6.96. The maximum atomic E-state index is 12.8. The van der Waals surface area contributed by atoms with Crippen LogP contribution in [-0.4, -0.2) is 17.6 Å². The molecule has 1 aliphatic rings. The molecule has 2 heterocycles. The van der Waals surface area contributed by atoms with E-state index in [1.807, 2.05) is 25.1 Å². The molecule has 0 radical (unpaired) electrons. The Morgan fingerprint density at radius 3 is 2.86 bits per heavy atom. The highest BCUT2D eigenvalue weighted by Crippen LogP contribution is 2.38. The van der Waals surface area contributed by atoms with Crippen LogP contribution in [0.1, 0.15) is 24.0 Å². The summed E-state index contributed by atoms with van der Waals surface area (Å²) in [5.74, 6) is -1.66. The molecular weight excluding hydrogens is 358 g/mol. The van der Waals surface area contributed by atoms with E-state index in [9.17, 15) is 14.9 Å². The number of H-pyrrole nitrogens is 1. The Bertz CT molecular complexity index is 1150. The molecule has 0 amide bonds. The Balaban J connectivity index is 2.25. The van der Waals surface area contributed by atoms with Gasteiger partial charge in [0.1, 0.15) is 24.0 Å². The smallest absolute Gasteiger partial charge is 0.338 e. The topological polar surface area (TPSA) is 118 Å². The lowest BCUT2D eigenvalue weighted by molar-refractivity contribution is -0.138. The number of aromatic nitrogens is 1. The summed E-state index contributed by atoms with van der Waals surface area (Å²) in [6.07, 6.45) is 1.42. The van der Waals surface area contributed by atoms with Crippen LogP contribution in [0.15, 0.2) is 64.5 Å². The van der Waals surface area contributed by atoms with Gasteiger partial charge in [-0.25, -0.2) is 4.79 Å². The predicted molar refractivity (Wildman–Crippen MR) is 104 cm³/mol. The lowest BCUT2D eigenvalue weighted by atomic mass is 9.83. The minimum Gasteiger partial charge on any atom is -0.458 e. The molecule has 2 aromatic rings. The fraction of sp³-hybridized carbons (Fsp3) is 0.190. The van der Waals surface area contributed by atoms with E-state index in [0.29, 0.717) is 5.52 Å². The molecule has 0 bridgehead atoms. The average Bonchev–Trinajstić information content (AvgIpc) is 2.65. The summed E-state index contributed by atoms with van der Waals surface area (Å²) in [7, 11) is 0. The number of hydrogen-bond donors (Lipinski definition) is 2. The summed E-state index contributed by atoms with van der Waals surface area (Å²) in [4.78, 5) is 28.3. The number of pyridine rings is 1. The molecule has 1 aliphatic heterocycles. The number of aryl methyl sites for hydroxylation is 1. The van der Waals surface area contributed by atoms with Crippen LogP contribution in [-0.2, 0) is 14.3 Å². The van der Waals surface area contributed by atoms with Crippen molar-refractivity contribution in [2.45, 2.75) is 19.8 Å². The van der Waals surface area contributed by atoms with Gasteiger partial charge in [0.2, 0.25) is 5.88 Å². The lowest BCUT2D eigenvalue weighted by Gasteiger charge is -2.26. The van der Waals surface area contributed by atoms with Crippen molar-refractivity contribution in [2.75, 3.05) is 6.61 Å². The van der Waals surface area contributed by atoms with E-state index in [0.717, 1.165) is 10.9 Å². The number of nitrogens with one attached hydrogen (secondary N) is 1. The first-order chi connectivity index (χ1) is 13.4. The zero-order chi connectivity index (χ0) is 20.4. The third-order valence-electron chi connectivity index (χ3n) is 4.50. The number of hydrogen-bond acceptors (Lipinski definition) is 6. The molecule has 0 fully saturated rings. The average molecular weight is 377 g/mol. The molecule has 0 spiro atoms. The largest absolute Gasteiger partial charge is 0.458 e. The van der Waals surface area contributed by atoms with Crippen LogP contribution in [0.3, 0.4) is 0 Å². The molecule has 1 atom stereocenters. The van der Waals surface area contributed by atoms with Crippen LogP contribution in [0.2, 0.25) is 0 Å². The molecule has 0 saturated carbocycles. The molecule has 1 aromatic heterocycles. The van der Waals surface area contributed by atoms with Crippen LogP contribution in [0.25, 0.3) is 10.9 Å². The molecule has 3 N–H and O–H groups in total. The molecule has 1 aromatic carbocycles. The van der Waals surface area contributed by atoms with Crippen molar-refractivity contribution >= 4 is 16.9 Å². The van der Waals surface area contributed by atoms with Crippen LogP contribution >= 0.6 is 0 Å². The number of rotatable bonds is 4. The van der Waals surface area contributed by atoms with Crippen molar-refractivity contribution in [3.63, 3.8) is 0 Å². The quantitative estimate of drug-likeness (QED) is 0.625. The monoisotopic (exact) mass is 377 g/mol. The van der Waals surface area contributed by atoms with Crippen LogP contribution < -0.4 is 11.3 Å². The van der Waals surface area contributed by atoms with Gasteiger partial charge >= 0.3 is 5.97 Å². The van der Waals surface area contributed by atoms with Crippen molar-refractivity contribution in [2.24, 2.45) is 5.73 Å². The van der Waals surface area contributed by atoms with Crippen molar-refractivity contribution < 1.29 is 14.3 Å². The van der Waals surface area contributed by atoms with Gasteiger partial charge in [-0.15, -0.1) is 0 Å². The molecule has 7 heteroatoms. The van der Waals surface area contributed by atoms with Crippen molar-refractivity contribution in [3.05, 3.63) is 81.2 Å². The third kappa shape index (κ3) is 3.28. The van der Waals surface area contributed by atoms with Crippen molar-refractivity contribution in [1.82, 2.24) is 4.98 Å². The van der Waals surface area contributed by atoms with Gasteiger partial charge in [0.25, 0.3) is 5.56 Å². The number of benzene rings is 1. The second kappa shape index (κ2) is 7.45. The number of allylic oxidation sites excluding steroid dienone is 2. The number of aromatic amines is 1. The summed E-state index contributed by atoms with van der Waals surface area (Å²) < 4.78 is 10.5. The Morgan fingerprint density at radius 1 is 1.43 bits per heavy atom. The van der Waals surface area contributed by atoms with E-state index in [2.05, 4.69) is 11.6 Å². The van der Waals surface area contributed by atoms with Gasteiger partial charge in [-0.3, -0.25) is 4.79 Å². The zero-order valence-corrected chi connectivity index (χ0v) is 15.5. The first kappa shape index (κ1) is 19.0. The molecule has 0 aliphatic carbocycles. The van der Waals surface area contributed by atoms with E-state index in [4.69, 9.17) is 15.2 Å². The van der Waals surface area contributed by atoms with Gasteiger partial charge in [-0.1, -0.05) is 24.3 Å². The minimum atomic E-state index is -0.996. The number of nitriles is 1. The van der Waals surface area contributed by atoms with E-state index in [1.165, 1.54) is 13.0 Å². The Labute approximate surface area is 161 Å². The Kier molecular flexibility index (Phi) is 5.05. The fourth-order valence-corrected chi connectivity index (χ4v) is 3.23. The summed E-state index contributed by atoms with van der Waals surface area (Å²) in [5.41, 5.74) is 7.36. The summed E-state index contributed by atoms with van der Waals surface area (Å²) in [6, 6.07) is 9.21. The lowest BCUT2D eigenvalue weighted by Crippen LogP contribution is -2.29. The summed E-state index contributed by atoms with van der Waals surface area (Å²) in [5, 5.41) is 10.4. The van der Waals surface area contributed by atoms with E-state index >= 15 is 0 Å². The predicted octanol–water partition coefficient (Wildman–Crippen LogP) is 2.65. The van der Waals surface area contributed by atoms with Gasteiger partial charge in [-0.2, -0.15) is 5.26 Å². The van der Waals surface area contributed by atoms with Gasteiger partial charge in [0, 0.05) is 11.1 Å². The number of nitrogens with zero attached hydrogens (tertiary/aromatic N) is 1. The second-order valence-corrected chi connectivity index (χ2v) is 6.43. The first-order valence-electron chi connectivity index (χ1n) is 8.57. The maximum absolute atomic E-state index is 12.8. The number of fused-ring (bicyclic) bond motifs is 1. The summed E-state index contributed by atoms with van der Waals surface area (Å²) >= 11 is 0. The van der Waals surface area contributed by atoms with Crippen LogP contribution in [0.4, 0.5) is 0 Å². The van der Waals surface area contributed by atoms with Gasteiger partial charge in [0.05, 0.1) is 11.5 Å². The fourth-order valence-electron chi connectivity index (χ4n) is 3.23. The highest BCUT2D eigenvalue weighted by Gasteiger charge is 2.37. The normalized spacial score (nSPS) is 16.5. The highest BCUT2D eigenvalue weighted by atomic mass is 16.5. The van der Waals surface area contributed by atoms with Gasteiger partial charge in [0.15, 0.2) is 0 Å². The molecule has 3 rings (SSSR count). The third-order valence-corrected chi connectivity index (χ3v) is 4.50. The van der Waals surface area contributed by atoms with Gasteiger partial charge < -0.3 is 20.2 Å². The van der Waals surface area contributed by atoms with E-state index in [-0.39, 0.29) is 35.0 Å². The van der Waals surface area contributed by atoms with Crippen LogP contribution in [0, 0.1) is 18.3 Å². The molecule has 1 unspecified atom stereocenters. The Hall–Kier alpha value is -3.79. The number of ether oxygens (including phenoxy) is 2. The minimum absolute atomic E-state index is 0.0172. The van der Waals surface area contributed by atoms with E-state index in [1.54, 1.807) is 12.1 Å². The van der Waals surface area contributed by atoms with E-state index < -0.39 is 17.4 Å². The van der Waals surface area contributed by atoms with Crippen LogP contribution in [0.5, 0.6) is 0 Å². The number of esters is 1. The standard InChI is InChI=1S/C21H19N3O4/c1-4-7-27-21(26)17-12(3)28-19(23)15(10-22)18(17)14-9-13-8-11(2)5-6-16(13)24-20(14)25/h4-6,8-9,18H,1,7,23H2,2-3H3,(H,24,25). The number of carbonyl (C=O) groups excluding carboxylic acids is 1. The zero-order valence-electron chi connectivity index (χ0n) is 15.5. The molecule has 0 saturated heterocycles. The van der Waals surface area contributed by atoms with Crippen molar-refractivity contribution in [1.29, 1.82) is 5.26 Å². The SMILES string of the molecule is C=CCOC(=O)C1=C(C)OC(N)=C(C#N)C1c1cc2cc(C)ccc2[nH]c1=O. The van der Waals surface area contributed by atoms with Gasteiger partial charge in [-0.05, 0) is 37.4 Å².